The van der Waals surface area contributed by atoms with E-state index < -0.39 is 11.7 Å². The maximum Gasteiger partial charge on any atom is 0.418 e. The molecule has 3 nitrogen and oxygen atoms in total. The molecule has 116 valence electrons. The molecule has 1 fully saturated rings. The molecule has 0 spiro atoms. The quantitative estimate of drug-likeness (QED) is 0.849. The van der Waals surface area contributed by atoms with E-state index in [0.29, 0.717) is 6.29 Å². The number of carbonyl (C=O) groups excluding carboxylic acids is 1. The molecular weight excluding hydrogens is 283 g/mol. The molecule has 0 atom stereocenters. The van der Waals surface area contributed by atoms with E-state index in [9.17, 15) is 23.1 Å². The summed E-state index contributed by atoms with van der Waals surface area (Å²) in [5.74, 6) is 0. The molecule has 1 aromatic carbocycles. The standard InChI is InChI=1S/C15H18F3NO2/c16-15(17,18)13-9-11(10-21)5-6-14(13)19(7-8-20)12-3-1-2-4-12/h5-6,9-10,12,20H,1-4,7-8H2. The van der Waals surface area contributed by atoms with E-state index in [1.807, 2.05) is 0 Å². The lowest BCUT2D eigenvalue weighted by Gasteiger charge is -2.32. The highest BCUT2D eigenvalue weighted by molar-refractivity contribution is 5.77. The normalized spacial score (nSPS) is 16.2. The lowest BCUT2D eigenvalue weighted by Crippen LogP contribution is -2.37. The summed E-state index contributed by atoms with van der Waals surface area (Å²) in [4.78, 5) is 12.4. The highest BCUT2D eigenvalue weighted by atomic mass is 19.4. The van der Waals surface area contributed by atoms with Crippen molar-refractivity contribution < 1.29 is 23.1 Å². The van der Waals surface area contributed by atoms with Crippen molar-refractivity contribution in [1.29, 1.82) is 0 Å². The highest BCUT2D eigenvalue weighted by Crippen LogP contribution is 2.39. The SMILES string of the molecule is O=Cc1ccc(N(CCO)C2CCCC2)c(C(F)(F)F)c1. The summed E-state index contributed by atoms with van der Waals surface area (Å²) in [5, 5.41) is 9.17. The molecular formula is C15H18F3NO2. The van der Waals surface area contributed by atoms with Crippen LogP contribution in [-0.4, -0.2) is 30.6 Å². The van der Waals surface area contributed by atoms with Crippen LogP contribution < -0.4 is 4.90 Å². The highest BCUT2D eigenvalue weighted by Gasteiger charge is 2.36. The monoisotopic (exact) mass is 301 g/mol. The smallest absolute Gasteiger partial charge is 0.395 e. The zero-order chi connectivity index (χ0) is 15.5. The number of hydrogen-bond donors (Lipinski definition) is 1. The molecule has 1 aliphatic carbocycles. The van der Waals surface area contributed by atoms with Gasteiger partial charge in [-0.2, -0.15) is 13.2 Å². The van der Waals surface area contributed by atoms with Gasteiger partial charge in [-0.25, -0.2) is 0 Å². The first-order valence-corrected chi connectivity index (χ1v) is 7.01. The largest absolute Gasteiger partial charge is 0.418 e. The van der Waals surface area contributed by atoms with E-state index in [0.717, 1.165) is 31.7 Å². The summed E-state index contributed by atoms with van der Waals surface area (Å²) in [6.07, 6.45) is -0.494. The van der Waals surface area contributed by atoms with Crippen molar-refractivity contribution >= 4 is 12.0 Å². The van der Waals surface area contributed by atoms with Gasteiger partial charge in [-0.05, 0) is 31.0 Å². The van der Waals surface area contributed by atoms with Gasteiger partial charge >= 0.3 is 6.18 Å². The summed E-state index contributed by atoms with van der Waals surface area (Å²) in [6, 6.07) is 3.61. The first-order valence-electron chi connectivity index (χ1n) is 7.01. The van der Waals surface area contributed by atoms with Crippen LogP contribution in [0.2, 0.25) is 0 Å². The van der Waals surface area contributed by atoms with Gasteiger partial charge in [0.1, 0.15) is 6.29 Å². The summed E-state index contributed by atoms with van der Waals surface area (Å²) in [7, 11) is 0. The van der Waals surface area contributed by atoms with E-state index in [1.165, 1.54) is 12.1 Å². The molecule has 1 aromatic rings. The second kappa shape index (κ2) is 6.47. The Morgan fingerprint density at radius 2 is 1.95 bits per heavy atom. The minimum atomic E-state index is -4.53. The molecule has 21 heavy (non-hydrogen) atoms. The lowest BCUT2D eigenvalue weighted by molar-refractivity contribution is -0.137. The number of hydrogen-bond acceptors (Lipinski definition) is 3. The van der Waals surface area contributed by atoms with Gasteiger partial charge < -0.3 is 10.0 Å². The number of carbonyl (C=O) groups is 1. The van der Waals surface area contributed by atoms with Gasteiger partial charge in [-0.1, -0.05) is 12.8 Å². The van der Waals surface area contributed by atoms with Gasteiger partial charge in [0.15, 0.2) is 0 Å². The number of aliphatic hydroxyl groups is 1. The Hall–Kier alpha value is -1.56. The average molecular weight is 301 g/mol. The van der Waals surface area contributed by atoms with Gasteiger partial charge in [-0.3, -0.25) is 4.79 Å². The second-order valence-corrected chi connectivity index (χ2v) is 5.25. The van der Waals surface area contributed by atoms with Crippen LogP contribution in [0.15, 0.2) is 18.2 Å². The Kier molecular flexibility index (Phi) is 4.88. The molecule has 0 aromatic heterocycles. The lowest BCUT2D eigenvalue weighted by atomic mass is 10.1. The summed E-state index contributed by atoms with van der Waals surface area (Å²) in [5.41, 5.74) is -0.761. The van der Waals surface area contributed by atoms with Crippen LogP contribution in [-0.2, 0) is 6.18 Å². The van der Waals surface area contributed by atoms with Crippen molar-refractivity contribution in [2.45, 2.75) is 37.9 Å². The Balaban J connectivity index is 2.45. The molecule has 6 heteroatoms. The van der Waals surface area contributed by atoms with E-state index in [-0.39, 0.29) is 30.4 Å². The number of aliphatic hydroxyl groups excluding tert-OH is 1. The minimum absolute atomic E-state index is 0.00134. The number of alkyl halides is 3. The number of aldehydes is 1. The van der Waals surface area contributed by atoms with Crippen molar-refractivity contribution in [2.75, 3.05) is 18.1 Å². The van der Waals surface area contributed by atoms with Crippen LogP contribution in [0.3, 0.4) is 0 Å². The predicted octanol–water partition coefficient (Wildman–Crippen LogP) is 3.26. The minimum Gasteiger partial charge on any atom is -0.395 e. The van der Waals surface area contributed by atoms with Crippen LogP contribution in [0, 0.1) is 0 Å². The Labute approximate surface area is 121 Å². The fourth-order valence-electron chi connectivity index (χ4n) is 2.93. The Bertz CT molecular complexity index is 496. The third kappa shape index (κ3) is 3.56. The molecule has 1 N–H and O–H groups in total. The molecule has 0 heterocycles. The molecule has 1 aliphatic rings. The van der Waals surface area contributed by atoms with E-state index >= 15 is 0 Å². The molecule has 0 aliphatic heterocycles. The van der Waals surface area contributed by atoms with Gasteiger partial charge in [0.05, 0.1) is 12.2 Å². The summed E-state index contributed by atoms with van der Waals surface area (Å²) < 4.78 is 39.7. The number of anilines is 1. The molecule has 0 saturated heterocycles. The molecule has 2 rings (SSSR count). The van der Waals surface area contributed by atoms with Crippen molar-refractivity contribution in [2.24, 2.45) is 0 Å². The van der Waals surface area contributed by atoms with E-state index in [1.54, 1.807) is 4.90 Å². The predicted molar refractivity (Wildman–Crippen MR) is 73.5 cm³/mol. The van der Waals surface area contributed by atoms with Crippen molar-refractivity contribution in [3.8, 4) is 0 Å². The second-order valence-electron chi connectivity index (χ2n) is 5.25. The number of rotatable bonds is 5. The average Bonchev–Trinajstić information content (AvgIpc) is 2.97. The molecule has 0 amide bonds. The van der Waals surface area contributed by atoms with Crippen molar-refractivity contribution in [1.82, 2.24) is 0 Å². The third-order valence-corrected chi connectivity index (χ3v) is 3.88. The molecule has 1 saturated carbocycles. The first-order chi connectivity index (χ1) is 9.97. The summed E-state index contributed by atoms with van der Waals surface area (Å²) in [6.45, 7) is -0.0442. The first kappa shape index (κ1) is 15.8. The van der Waals surface area contributed by atoms with Crippen LogP contribution >= 0.6 is 0 Å². The molecule has 0 radical (unpaired) electrons. The van der Waals surface area contributed by atoms with Gasteiger partial charge in [0.2, 0.25) is 0 Å². The maximum atomic E-state index is 13.2. The van der Waals surface area contributed by atoms with Crippen LogP contribution in [0.1, 0.15) is 41.6 Å². The summed E-state index contributed by atoms with van der Waals surface area (Å²) >= 11 is 0. The van der Waals surface area contributed by atoms with Crippen LogP contribution in [0.5, 0.6) is 0 Å². The Morgan fingerprint density at radius 1 is 1.29 bits per heavy atom. The zero-order valence-corrected chi connectivity index (χ0v) is 11.6. The number of benzene rings is 1. The fourth-order valence-corrected chi connectivity index (χ4v) is 2.93. The van der Waals surface area contributed by atoms with Gasteiger partial charge in [0, 0.05) is 23.8 Å². The van der Waals surface area contributed by atoms with Crippen molar-refractivity contribution in [3.63, 3.8) is 0 Å². The van der Waals surface area contributed by atoms with E-state index in [2.05, 4.69) is 0 Å². The van der Waals surface area contributed by atoms with Gasteiger partial charge in [0.25, 0.3) is 0 Å². The third-order valence-electron chi connectivity index (χ3n) is 3.88. The van der Waals surface area contributed by atoms with Crippen LogP contribution in [0.25, 0.3) is 0 Å². The molecule has 0 bridgehead atoms. The van der Waals surface area contributed by atoms with Gasteiger partial charge in [-0.15, -0.1) is 0 Å². The topological polar surface area (TPSA) is 40.5 Å². The fraction of sp³-hybridized carbons (Fsp3) is 0.533. The maximum absolute atomic E-state index is 13.2. The number of halogens is 3. The number of nitrogens with zero attached hydrogens (tertiary/aromatic N) is 1. The van der Waals surface area contributed by atoms with E-state index in [4.69, 9.17) is 0 Å². The van der Waals surface area contributed by atoms with Crippen molar-refractivity contribution in [3.05, 3.63) is 29.3 Å². The van der Waals surface area contributed by atoms with Crippen LogP contribution in [0.4, 0.5) is 18.9 Å². The zero-order valence-electron chi connectivity index (χ0n) is 11.6. The Morgan fingerprint density at radius 3 is 2.48 bits per heavy atom. The molecule has 0 unspecified atom stereocenters.